The Labute approximate surface area is 119 Å². The summed E-state index contributed by atoms with van der Waals surface area (Å²) < 4.78 is 39.3. The van der Waals surface area contributed by atoms with Gasteiger partial charge in [-0.15, -0.1) is 0 Å². The Morgan fingerprint density at radius 3 is 2.63 bits per heavy atom. The topological polar surface area (TPSA) is 50.3 Å². The van der Waals surface area contributed by atoms with Gasteiger partial charge in [-0.2, -0.15) is 0 Å². The minimum absolute atomic E-state index is 0.112. The van der Waals surface area contributed by atoms with Gasteiger partial charge < -0.3 is 0 Å². The minimum atomic E-state index is -3.80. The molecule has 2 rings (SSSR count). The zero-order chi connectivity index (χ0) is 14.0. The highest BCUT2D eigenvalue weighted by Crippen LogP contribution is 2.24. The molecule has 100 valence electrons. The first-order valence-electron chi connectivity index (χ1n) is 5.27. The Morgan fingerprint density at radius 2 is 2.05 bits per heavy atom. The number of pyridine rings is 1. The van der Waals surface area contributed by atoms with Gasteiger partial charge >= 0.3 is 0 Å². The van der Waals surface area contributed by atoms with Gasteiger partial charge in [0.05, 0.1) is 21.3 Å². The van der Waals surface area contributed by atoms with Crippen LogP contribution in [0.2, 0.25) is 0 Å². The van der Waals surface area contributed by atoms with E-state index in [9.17, 15) is 12.8 Å². The Kier molecular flexibility index (Phi) is 3.86. The van der Waals surface area contributed by atoms with E-state index < -0.39 is 15.8 Å². The number of anilines is 1. The average Bonchev–Trinajstić information content (AvgIpc) is 2.41. The minimum Gasteiger partial charge on any atom is -0.268 e. The number of rotatable bonds is 3. The SMILES string of the molecule is CN(c1cccnc1)S(=O)(=O)c1ccc(Br)c(F)c1. The molecule has 0 bridgehead atoms. The van der Waals surface area contributed by atoms with Crippen molar-refractivity contribution in [3.8, 4) is 0 Å². The summed E-state index contributed by atoms with van der Waals surface area (Å²) in [6, 6.07) is 6.92. The van der Waals surface area contributed by atoms with E-state index in [1.807, 2.05) is 0 Å². The summed E-state index contributed by atoms with van der Waals surface area (Å²) in [5.41, 5.74) is 0.408. The van der Waals surface area contributed by atoms with Crippen LogP contribution >= 0.6 is 15.9 Å². The zero-order valence-corrected chi connectivity index (χ0v) is 12.3. The third-order valence-corrected chi connectivity index (χ3v) is 4.98. The number of halogens is 2. The molecular weight excluding hydrogens is 335 g/mol. The van der Waals surface area contributed by atoms with Crippen LogP contribution in [0.15, 0.2) is 52.1 Å². The fourth-order valence-corrected chi connectivity index (χ4v) is 2.92. The van der Waals surface area contributed by atoms with Crippen LogP contribution in [0.5, 0.6) is 0 Å². The largest absolute Gasteiger partial charge is 0.268 e. The standard InChI is InChI=1S/C12H10BrFN2O2S/c1-16(9-3-2-6-15-8-9)19(17,18)10-4-5-11(13)12(14)7-10/h2-8H,1H3. The van der Waals surface area contributed by atoms with Crippen molar-refractivity contribution in [3.05, 3.63) is 53.0 Å². The van der Waals surface area contributed by atoms with Gasteiger partial charge in [0.1, 0.15) is 5.82 Å². The lowest BCUT2D eigenvalue weighted by atomic mass is 10.3. The van der Waals surface area contributed by atoms with E-state index in [-0.39, 0.29) is 9.37 Å². The maximum atomic E-state index is 13.4. The second-order valence-electron chi connectivity index (χ2n) is 3.76. The molecule has 0 fully saturated rings. The van der Waals surface area contributed by atoms with Gasteiger partial charge in [-0.3, -0.25) is 9.29 Å². The van der Waals surface area contributed by atoms with Gasteiger partial charge in [-0.1, -0.05) is 0 Å². The van der Waals surface area contributed by atoms with Crippen LogP contribution in [0.3, 0.4) is 0 Å². The summed E-state index contributed by atoms with van der Waals surface area (Å²) >= 11 is 2.98. The molecule has 4 nitrogen and oxygen atoms in total. The van der Waals surface area contributed by atoms with Crippen molar-refractivity contribution < 1.29 is 12.8 Å². The highest BCUT2D eigenvalue weighted by Gasteiger charge is 2.22. The maximum absolute atomic E-state index is 13.4. The molecule has 1 aromatic carbocycles. The molecule has 0 amide bonds. The van der Waals surface area contributed by atoms with E-state index in [4.69, 9.17) is 0 Å². The van der Waals surface area contributed by atoms with E-state index in [2.05, 4.69) is 20.9 Å². The van der Waals surface area contributed by atoms with Crippen molar-refractivity contribution in [2.75, 3.05) is 11.4 Å². The summed E-state index contributed by atoms with van der Waals surface area (Å²) in [6.07, 6.45) is 2.97. The van der Waals surface area contributed by atoms with Crippen LogP contribution in [0, 0.1) is 5.82 Å². The van der Waals surface area contributed by atoms with Crippen LogP contribution in [0.4, 0.5) is 10.1 Å². The van der Waals surface area contributed by atoms with E-state index >= 15 is 0 Å². The zero-order valence-electron chi connectivity index (χ0n) is 9.92. The first kappa shape index (κ1) is 14.0. The smallest absolute Gasteiger partial charge is 0.264 e. The lowest BCUT2D eigenvalue weighted by Crippen LogP contribution is -2.26. The van der Waals surface area contributed by atoms with Crippen LogP contribution in [0.25, 0.3) is 0 Å². The van der Waals surface area contributed by atoms with E-state index in [1.54, 1.807) is 18.3 Å². The van der Waals surface area contributed by atoms with Crippen LogP contribution < -0.4 is 4.31 Å². The number of nitrogens with zero attached hydrogens (tertiary/aromatic N) is 2. The molecule has 0 unspecified atom stereocenters. The third kappa shape index (κ3) is 2.76. The summed E-state index contributed by atoms with van der Waals surface area (Å²) in [7, 11) is -2.40. The van der Waals surface area contributed by atoms with Crippen LogP contribution in [0.1, 0.15) is 0 Å². The number of sulfonamides is 1. The Bertz CT molecular complexity index is 692. The van der Waals surface area contributed by atoms with Crippen molar-refractivity contribution in [1.29, 1.82) is 0 Å². The maximum Gasteiger partial charge on any atom is 0.264 e. The molecule has 0 aliphatic rings. The van der Waals surface area contributed by atoms with Crippen molar-refractivity contribution in [2.45, 2.75) is 4.90 Å². The molecular formula is C12H10BrFN2O2S. The summed E-state index contributed by atoms with van der Waals surface area (Å²) in [6.45, 7) is 0. The quantitative estimate of drug-likeness (QED) is 0.860. The molecule has 1 heterocycles. The molecule has 0 saturated carbocycles. The first-order valence-corrected chi connectivity index (χ1v) is 7.50. The molecule has 2 aromatic rings. The van der Waals surface area contributed by atoms with Gasteiger partial charge in [0.25, 0.3) is 10.0 Å². The molecule has 0 saturated heterocycles. The predicted molar refractivity (Wildman–Crippen MR) is 73.9 cm³/mol. The van der Waals surface area contributed by atoms with E-state index in [0.717, 1.165) is 10.4 Å². The number of benzene rings is 1. The summed E-state index contributed by atoms with van der Waals surface area (Å²) in [5, 5.41) is 0. The van der Waals surface area contributed by atoms with Crippen molar-refractivity contribution in [2.24, 2.45) is 0 Å². The molecule has 0 atom stereocenters. The summed E-state index contributed by atoms with van der Waals surface area (Å²) in [5.74, 6) is -0.624. The Balaban J connectivity index is 2.45. The predicted octanol–water partition coefficient (Wildman–Crippen LogP) is 2.81. The molecule has 0 aliphatic carbocycles. The third-order valence-electron chi connectivity index (χ3n) is 2.56. The molecule has 7 heteroatoms. The Hall–Kier alpha value is -1.47. The fourth-order valence-electron chi connectivity index (χ4n) is 1.47. The molecule has 0 spiro atoms. The van der Waals surface area contributed by atoms with Gasteiger partial charge in [-0.05, 0) is 46.3 Å². The van der Waals surface area contributed by atoms with Crippen molar-refractivity contribution >= 4 is 31.6 Å². The highest BCUT2D eigenvalue weighted by atomic mass is 79.9. The van der Waals surface area contributed by atoms with Crippen LogP contribution in [-0.4, -0.2) is 20.4 Å². The van der Waals surface area contributed by atoms with Gasteiger partial charge in [0, 0.05) is 13.2 Å². The number of aromatic nitrogens is 1. The Morgan fingerprint density at radius 1 is 1.32 bits per heavy atom. The molecule has 0 radical (unpaired) electrons. The van der Waals surface area contributed by atoms with Crippen molar-refractivity contribution in [3.63, 3.8) is 0 Å². The normalized spacial score (nSPS) is 11.3. The molecule has 1 aromatic heterocycles. The monoisotopic (exact) mass is 344 g/mol. The van der Waals surface area contributed by atoms with Gasteiger partial charge in [0.15, 0.2) is 0 Å². The molecule has 0 N–H and O–H groups in total. The number of hydrogen-bond donors (Lipinski definition) is 0. The second-order valence-corrected chi connectivity index (χ2v) is 6.58. The van der Waals surface area contributed by atoms with Gasteiger partial charge in [-0.25, -0.2) is 12.8 Å². The fraction of sp³-hybridized carbons (Fsp3) is 0.0833. The van der Waals surface area contributed by atoms with Gasteiger partial charge in [0.2, 0.25) is 0 Å². The lowest BCUT2D eigenvalue weighted by molar-refractivity contribution is 0.588. The van der Waals surface area contributed by atoms with Crippen LogP contribution in [-0.2, 0) is 10.0 Å². The second kappa shape index (κ2) is 5.26. The van der Waals surface area contributed by atoms with Crippen molar-refractivity contribution in [1.82, 2.24) is 4.98 Å². The van der Waals surface area contributed by atoms with E-state index in [0.29, 0.717) is 5.69 Å². The number of hydrogen-bond acceptors (Lipinski definition) is 3. The summed E-state index contributed by atoms with van der Waals surface area (Å²) in [4.78, 5) is 3.75. The lowest BCUT2D eigenvalue weighted by Gasteiger charge is -2.19. The molecule has 0 aliphatic heterocycles. The van der Waals surface area contributed by atoms with E-state index in [1.165, 1.54) is 25.4 Å². The molecule has 19 heavy (non-hydrogen) atoms. The highest BCUT2D eigenvalue weighted by molar-refractivity contribution is 9.10. The first-order chi connectivity index (χ1) is 8.93. The average molecular weight is 345 g/mol.